The van der Waals surface area contributed by atoms with E-state index in [0.717, 1.165) is 12.1 Å². The number of hydrogen-bond acceptors (Lipinski definition) is 2. The van der Waals surface area contributed by atoms with E-state index in [-0.39, 0.29) is 0 Å². The Balaban J connectivity index is 2.93. The van der Waals surface area contributed by atoms with Crippen molar-refractivity contribution in [2.24, 2.45) is 0 Å². The number of aliphatic hydroxyl groups is 1. The van der Waals surface area contributed by atoms with Gasteiger partial charge in [-0.15, -0.1) is 0 Å². The minimum Gasteiger partial charge on any atom is -0.384 e. The summed E-state index contributed by atoms with van der Waals surface area (Å²) in [6, 6.07) is 6.21. The average Bonchev–Trinajstić information content (AvgIpc) is 2.13. The predicted molar refractivity (Wildman–Crippen MR) is 64.0 cm³/mol. The summed E-state index contributed by atoms with van der Waals surface area (Å²) in [7, 11) is 0. The molecule has 0 bridgehead atoms. The molecule has 0 fully saturated rings. The lowest BCUT2D eigenvalue weighted by Gasteiger charge is -2.25. The number of rotatable bonds is 4. The molecule has 1 aromatic rings. The maximum Gasteiger partial charge on any atom is 0.0992 e. The van der Waals surface area contributed by atoms with Crippen LogP contribution in [0, 0.1) is 13.8 Å². The Morgan fingerprint density at radius 3 is 2.20 bits per heavy atom. The van der Waals surface area contributed by atoms with E-state index in [0.29, 0.717) is 6.54 Å². The zero-order valence-corrected chi connectivity index (χ0v) is 10.1. The molecule has 0 radical (unpaired) electrons. The first-order valence-electron chi connectivity index (χ1n) is 5.47. The lowest BCUT2D eigenvalue weighted by Crippen LogP contribution is -2.35. The zero-order chi connectivity index (χ0) is 11.5. The van der Waals surface area contributed by atoms with E-state index < -0.39 is 5.60 Å². The molecule has 1 atom stereocenters. The summed E-state index contributed by atoms with van der Waals surface area (Å²) in [6.45, 7) is 9.47. The van der Waals surface area contributed by atoms with Crippen LogP contribution in [0.1, 0.15) is 30.5 Å². The molecule has 0 heterocycles. The summed E-state index contributed by atoms with van der Waals surface area (Å²) in [6.07, 6.45) is 0. The topological polar surface area (TPSA) is 32.3 Å². The van der Waals surface area contributed by atoms with Crippen LogP contribution in [-0.4, -0.2) is 18.2 Å². The van der Waals surface area contributed by atoms with Crippen LogP contribution in [0.2, 0.25) is 0 Å². The third kappa shape index (κ3) is 3.33. The molecule has 0 aromatic heterocycles. The van der Waals surface area contributed by atoms with Crippen LogP contribution >= 0.6 is 0 Å². The Labute approximate surface area is 92.3 Å². The number of benzene rings is 1. The first-order chi connectivity index (χ1) is 6.95. The Morgan fingerprint density at radius 1 is 1.20 bits per heavy atom. The van der Waals surface area contributed by atoms with Crippen molar-refractivity contribution in [3.8, 4) is 0 Å². The maximum absolute atomic E-state index is 10.3. The van der Waals surface area contributed by atoms with Gasteiger partial charge in [0.1, 0.15) is 0 Å². The normalized spacial score (nSPS) is 15.0. The summed E-state index contributed by atoms with van der Waals surface area (Å²) in [4.78, 5) is 0. The van der Waals surface area contributed by atoms with Gasteiger partial charge in [0.05, 0.1) is 5.60 Å². The Kier molecular flexibility index (Phi) is 3.89. The molecule has 2 N–H and O–H groups in total. The zero-order valence-electron chi connectivity index (χ0n) is 10.1. The van der Waals surface area contributed by atoms with Crippen molar-refractivity contribution in [2.75, 3.05) is 13.1 Å². The van der Waals surface area contributed by atoms with Crippen molar-refractivity contribution in [3.05, 3.63) is 34.9 Å². The smallest absolute Gasteiger partial charge is 0.0992 e. The monoisotopic (exact) mass is 207 g/mol. The lowest BCUT2D eigenvalue weighted by atomic mass is 9.93. The molecule has 0 saturated carbocycles. The molecule has 0 aliphatic carbocycles. The molecule has 0 spiro atoms. The number of likely N-dealkylation sites (N-methyl/N-ethyl adjacent to an activating group) is 1. The molecule has 0 aliphatic heterocycles. The molecule has 0 saturated heterocycles. The van der Waals surface area contributed by atoms with Gasteiger partial charge in [-0.2, -0.15) is 0 Å². The van der Waals surface area contributed by atoms with Crippen LogP contribution in [0.4, 0.5) is 0 Å². The highest BCUT2D eigenvalue weighted by molar-refractivity contribution is 5.32. The second-order valence-corrected chi connectivity index (χ2v) is 4.43. The van der Waals surface area contributed by atoms with Gasteiger partial charge in [-0.3, -0.25) is 0 Å². The highest BCUT2D eigenvalue weighted by Crippen LogP contribution is 2.22. The quantitative estimate of drug-likeness (QED) is 0.792. The van der Waals surface area contributed by atoms with Crippen LogP contribution in [-0.2, 0) is 5.60 Å². The van der Waals surface area contributed by atoms with Gasteiger partial charge in [-0.25, -0.2) is 0 Å². The van der Waals surface area contributed by atoms with Crippen molar-refractivity contribution < 1.29 is 5.11 Å². The van der Waals surface area contributed by atoms with Gasteiger partial charge in [0.2, 0.25) is 0 Å². The van der Waals surface area contributed by atoms with E-state index in [9.17, 15) is 5.11 Å². The Morgan fingerprint density at radius 2 is 1.73 bits per heavy atom. The minimum absolute atomic E-state index is 0.590. The summed E-state index contributed by atoms with van der Waals surface area (Å²) in [5.41, 5.74) is 2.59. The predicted octanol–water partition coefficient (Wildman–Crippen LogP) is 2.12. The van der Waals surface area contributed by atoms with Crippen LogP contribution < -0.4 is 5.32 Å². The first-order valence-corrected chi connectivity index (χ1v) is 5.47. The summed E-state index contributed by atoms with van der Waals surface area (Å²) >= 11 is 0. The molecule has 1 rings (SSSR count). The SMILES string of the molecule is CCNCC(C)(O)c1cc(C)cc(C)c1. The summed E-state index contributed by atoms with van der Waals surface area (Å²) < 4.78 is 0. The second-order valence-electron chi connectivity index (χ2n) is 4.43. The fraction of sp³-hybridized carbons (Fsp3) is 0.538. The molecule has 2 nitrogen and oxygen atoms in total. The molecule has 1 unspecified atom stereocenters. The molecule has 0 aliphatic rings. The summed E-state index contributed by atoms with van der Waals surface area (Å²) in [5, 5.41) is 13.5. The fourth-order valence-corrected chi connectivity index (χ4v) is 1.76. The number of aryl methyl sites for hydroxylation is 2. The molecular formula is C13H21NO. The van der Waals surface area contributed by atoms with E-state index in [1.165, 1.54) is 11.1 Å². The third-order valence-electron chi connectivity index (χ3n) is 2.56. The molecule has 15 heavy (non-hydrogen) atoms. The molecular weight excluding hydrogens is 186 g/mol. The van der Waals surface area contributed by atoms with Gasteiger partial charge in [-0.1, -0.05) is 36.2 Å². The van der Waals surface area contributed by atoms with Crippen LogP contribution in [0.3, 0.4) is 0 Å². The van der Waals surface area contributed by atoms with Crippen molar-refractivity contribution in [1.29, 1.82) is 0 Å². The third-order valence-corrected chi connectivity index (χ3v) is 2.56. The maximum atomic E-state index is 10.3. The summed E-state index contributed by atoms with van der Waals surface area (Å²) in [5.74, 6) is 0. The van der Waals surface area contributed by atoms with Crippen LogP contribution in [0.25, 0.3) is 0 Å². The fourth-order valence-electron chi connectivity index (χ4n) is 1.76. The van der Waals surface area contributed by atoms with Crippen molar-refractivity contribution in [3.63, 3.8) is 0 Å². The first kappa shape index (κ1) is 12.2. The minimum atomic E-state index is -0.785. The molecule has 1 aromatic carbocycles. The van der Waals surface area contributed by atoms with Gasteiger partial charge in [0.25, 0.3) is 0 Å². The van der Waals surface area contributed by atoms with Crippen molar-refractivity contribution >= 4 is 0 Å². The molecule has 2 heteroatoms. The highest BCUT2D eigenvalue weighted by Gasteiger charge is 2.22. The Bertz CT molecular complexity index is 311. The van der Waals surface area contributed by atoms with Gasteiger partial charge < -0.3 is 10.4 Å². The van der Waals surface area contributed by atoms with Crippen molar-refractivity contribution in [1.82, 2.24) is 5.32 Å². The average molecular weight is 207 g/mol. The number of hydrogen-bond donors (Lipinski definition) is 2. The van der Waals surface area contributed by atoms with E-state index in [1.807, 2.05) is 26.0 Å². The lowest BCUT2D eigenvalue weighted by molar-refractivity contribution is 0.0575. The van der Waals surface area contributed by atoms with Gasteiger partial charge in [-0.05, 0) is 32.9 Å². The van der Waals surface area contributed by atoms with E-state index >= 15 is 0 Å². The standard InChI is InChI=1S/C13H21NO/c1-5-14-9-13(4,15)12-7-10(2)6-11(3)8-12/h6-8,14-15H,5,9H2,1-4H3. The van der Waals surface area contributed by atoms with E-state index in [2.05, 4.69) is 25.2 Å². The second kappa shape index (κ2) is 4.77. The van der Waals surface area contributed by atoms with Gasteiger partial charge in [0, 0.05) is 6.54 Å². The molecule has 0 amide bonds. The largest absolute Gasteiger partial charge is 0.384 e. The van der Waals surface area contributed by atoms with Crippen LogP contribution in [0.5, 0.6) is 0 Å². The van der Waals surface area contributed by atoms with E-state index in [4.69, 9.17) is 0 Å². The molecule has 84 valence electrons. The highest BCUT2D eigenvalue weighted by atomic mass is 16.3. The van der Waals surface area contributed by atoms with Gasteiger partial charge >= 0.3 is 0 Å². The Hall–Kier alpha value is -0.860. The van der Waals surface area contributed by atoms with Crippen LogP contribution in [0.15, 0.2) is 18.2 Å². The van der Waals surface area contributed by atoms with E-state index in [1.54, 1.807) is 0 Å². The number of nitrogens with one attached hydrogen (secondary N) is 1. The van der Waals surface area contributed by atoms with Gasteiger partial charge in [0.15, 0.2) is 0 Å². The van der Waals surface area contributed by atoms with Crippen molar-refractivity contribution in [2.45, 2.75) is 33.3 Å².